The van der Waals surface area contributed by atoms with E-state index in [0.29, 0.717) is 18.1 Å². The van der Waals surface area contributed by atoms with Crippen LogP contribution in [0.5, 0.6) is 5.75 Å². The van der Waals surface area contributed by atoms with Crippen LogP contribution in [-0.4, -0.2) is 46.9 Å². The van der Waals surface area contributed by atoms with Gasteiger partial charge < -0.3 is 15.0 Å². The van der Waals surface area contributed by atoms with Crippen LogP contribution in [0.4, 0.5) is 5.82 Å². The second kappa shape index (κ2) is 9.98. The minimum Gasteiger partial charge on any atom is -0.494 e. The highest BCUT2D eigenvalue weighted by molar-refractivity contribution is 7.13. The molecule has 1 N–H and O–H groups in total. The van der Waals surface area contributed by atoms with Crippen LogP contribution in [0.1, 0.15) is 18.2 Å². The smallest absolute Gasteiger partial charge is 0.245 e. The van der Waals surface area contributed by atoms with Gasteiger partial charge in [-0.25, -0.2) is 9.97 Å². The third kappa shape index (κ3) is 5.87. The van der Waals surface area contributed by atoms with Gasteiger partial charge in [0.25, 0.3) is 0 Å². The molecule has 30 heavy (non-hydrogen) atoms. The molecule has 0 saturated carbocycles. The van der Waals surface area contributed by atoms with Crippen LogP contribution in [0, 0.1) is 6.92 Å². The van der Waals surface area contributed by atoms with Crippen molar-refractivity contribution in [3.63, 3.8) is 0 Å². The van der Waals surface area contributed by atoms with E-state index in [9.17, 15) is 9.59 Å². The van der Waals surface area contributed by atoms with E-state index in [2.05, 4.69) is 15.3 Å². The summed E-state index contributed by atoms with van der Waals surface area (Å²) in [6, 6.07) is 11.3. The number of carbonyl (C=O) groups excluding carboxylic acids is 2. The molecule has 0 aliphatic carbocycles. The van der Waals surface area contributed by atoms with Gasteiger partial charge in [0, 0.05) is 24.2 Å². The Hall–Kier alpha value is -3.26. The van der Waals surface area contributed by atoms with E-state index < -0.39 is 0 Å². The van der Waals surface area contributed by atoms with Gasteiger partial charge in [0.15, 0.2) is 0 Å². The lowest BCUT2D eigenvalue weighted by Gasteiger charge is -2.16. The number of hydrogen-bond donors (Lipinski definition) is 1. The normalized spacial score (nSPS) is 10.5. The number of amides is 2. The standard InChI is InChI=1S/C22H24N4O3S/c1-4-29-18-7-5-16(6-8-18)22-24-17(14-30-22)12-21(28)26(3)13-20(27)25-19-11-15(2)9-10-23-19/h5-11,14H,4,12-13H2,1-3H3,(H,23,25,27). The molecule has 0 bridgehead atoms. The molecule has 3 aromatic rings. The molecule has 8 heteroatoms. The maximum absolute atomic E-state index is 12.5. The molecule has 0 unspecified atom stereocenters. The summed E-state index contributed by atoms with van der Waals surface area (Å²) in [4.78, 5) is 34.7. The van der Waals surface area contributed by atoms with Crippen molar-refractivity contribution in [2.75, 3.05) is 25.5 Å². The Labute approximate surface area is 179 Å². The quantitative estimate of drug-likeness (QED) is 0.598. The lowest BCUT2D eigenvalue weighted by Crippen LogP contribution is -2.36. The molecule has 0 saturated heterocycles. The zero-order valence-electron chi connectivity index (χ0n) is 17.2. The third-order valence-corrected chi connectivity index (χ3v) is 5.23. The highest BCUT2D eigenvalue weighted by atomic mass is 32.1. The number of carbonyl (C=O) groups is 2. The number of anilines is 1. The number of rotatable bonds is 8. The average molecular weight is 425 g/mol. The molecule has 0 spiro atoms. The Morgan fingerprint density at radius 2 is 1.97 bits per heavy atom. The molecule has 0 fully saturated rings. The first-order chi connectivity index (χ1) is 14.4. The number of thiazole rings is 1. The summed E-state index contributed by atoms with van der Waals surface area (Å²) in [7, 11) is 1.60. The predicted octanol–water partition coefficient (Wildman–Crippen LogP) is 3.55. The molecule has 2 amide bonds. The van der Waals surface area contributed by atoms with Crippen molar-refractivity contribution >= 4 is 29.0 Å². The molecule has 2 aromatic heterocycles. The lowest BCUT2D eigenvalue weighted by atomic mass is 10.2. The minimum atomic E-state index is -0.294. The average Bonchev–Trinajstić information content (AvgIpc) is 3.17. The number of aryl methyl sites for hydroxylation is 1. The van der Waals surface area contributed by atoms with Gasteiger partial charge in [-0.1, -0.05) is 0 Å². The molecular weight excluding hydrogens is 400 g/mol. The second-order valence-electron chi connectivity index (χ2n) is 6.79. The molecule has 156 valence electrons. The van der Waals surface area contributed by atoms with Crippen molar-refractivity contribution in [3.05, 3.63) is 59.2 Å². The van der Waals surface area contributed by atoms with Crippen molar-refractivity contribution in [2.24, 2.45) is 0 Å². The van der Waals surface area contributed by atoms with Crippen molar-refractivity contribution in [1.82, 2.24) is 14.9 Å². The lowest BCUT2D eigenvalue weighted by molar-refractivity contribution is -0.132. The number of likely N-dealkylation sites (N-methyl/N-ethyl adjacent to an activating group) is 1. The summed E-state index contributed by atoms with van der Waals surface area (Å²) in [5.74, 6) is 0.817. The topological polar surface area (TPSA) is 84.4 Å². The van der Waals surface area contributed by atoms with Gasteiger partial charge in [0.05, 0.1) is 25.3 Å². The van der Waals surface area contributed by atoms with E-state index in [4.69, 9.17) is 4.74 Å². The van der Waals surface area contributed by atoms with Crippen molar-refractivity contribution in [3.8, 4) is 16.3 Å². The van der Waals surface area contributed by atoms with Crippen LogP contribution in [0.3, 0.4) is 0 Å². The molecule has 0 aliphatic rings. The Kier molecular flexibility index (Phi) is 7.13. The zero-order chi connectivity index (χ0) is 21.5. The summed E-state index contributed by atoms with van der Waals surface area (Å²) in [5, 5.41) is 5.41. The maximum atomic E-state index is 12.5. The molecule has 1 aromatic carbocycles. The van der Waals surface area contributed by atoms with Gasteiger partial charge in [-0.2, -0.15) is 0 Å². The number of nitrogens with zero attached hydrogens (tertiary/aromatic N) is 3. The predicted molar refractivity (Wildman–Crippen MR) is 118 cm³/mol. The third-order valence-electron chi connectivity index (χ3n) is 4.29. The fourth-order valence-electron chi connectivity index (χ4n) is 2.76. The van der Waals surface area contributed by atoms with Crippen LogP contribution in [-0.2, 0) is 16.0 Å². The van der Waals surface area contributed by atoms with Crippen LogP contribution in [0.25, 0.3) is 10.6 Å². The van der Waals surface area contributed by atoms with Gasteiger partial charge in [-0.05, 0) is 55.8 Å². The SMILES string of the molecule is CCOc1ccc(-c2nc(CC(=O)N(C)CC(=O)Nc3cc(C)ccn3)cs2)cc1. The Balaban J connectivity index is 1.54. The molecule has 3 rings (SSSR count). The molecular formula is C22H24N4O3S. The molecule has 0 aliphatic heterocycles. The van der Waals surface area contributed by atoms with Gasteiger partial charge in [-0.15, -0.1) is 11.3 Å². The largest absolute Gasteiger partial charge is 0.494 e. The Bertz CT molecular complexity index is 1020. The number of nitrogens with one attached hydrogen (secondary N) is 1. The van der Waals surface area contributed by atoms with Gasteiger partial charge >= 0.3 is 0 Å². The highest BCUT2D eigenvalue weighted by Gasteiger charge is 2.16. The highest BCUT2D eigenvalue weighted by Crippen LogP contribution is 2.26. The van der Waals surface area contributed by atoms with Crippen molar-refractivity contribution in [1.29, 1.82) is 0 Å². The Morgan fingerprint density at radius 3 is 2.67 bits per heavy atom. The summed E-state index contributed by atoms with van der Waals surface area (Å²) in [6.07, 6.45) is 1.77. The first kappa shape index (κ1) is 21.4. The molecule has 7 nitrogen and oxygen atoms in total. The summed E-state index contributed by atoms with van der Waals surface area (Å²) >= 11 is 1.48. The van der Waals surface area contributed by atoms with Crippen molar-refractivity contribution < 1.29 is 14.3 Å². The molecule has 0 radical (unpaired) electrons. The van der Waals surface area contributed by atoms with Gasteiger partial charge in [-0.3, -0.25) is 9.59 Å². The van der Waals surface area contributed by atoms with E-state index in [1.807, 2.05) is 49.6 Å². The first-order valence-corrected chi connectivity index (χ1v) is 10.5. The fraction of sp³-hybridized carbons (Fsp3) is 0.273. The number of hydrogen-bond acceptors (Lipinski definition) is 6. The maximum Gasteiger partial charge on any atom is 0.245 e. The van der Waals surface area contributed by atoms with Crippen LogP contribution in [0.2, 0.25) is 0 Å². The monoisotopic (exact) mass is 424 g/mol. The van der Waals surface area contributed by atoms with E-state index in [-0.39, 0.29) is 24.8 Å². The summed E-state index contributed by atoms with van der Waals surface area (Å²) in [5.41, 5.74) is 2.65. The van der Waals surface area contributed by atoms with Gasteiger partial charge in [0.1, 0.15) is 16.6 Å². The second-order valence-corrected chi connectivity index (χ2v) is 7.65. The van der Waals surface area contributed by atoms with E-state index in [1.165, 1.54) is 16.2 Å². The van der Waals surface area contributed by atoms with Crippen LogP contribution in [0.15, 0.2) is 48.0 Å². The Morgan fingerprint density at radius 1 is 1.20 bits per heavy atom. The number of ether oxygens (including phenoxy) is 1. The van der Waals surface area contributed by atoms with Crippen LogP contribution >= 0.6 is 11.3 Å². The summed E-state index contributed by atoms with van der Waals surface area (Å²) in [6.45, 7) is 4.43. The zero-order valence-corrected chi connectivity index (χ0v) is 18.0. The van der Waals surface area contributed by atoms with Crippen molar-refractivity contribution in [2.45, 2.75) is 20.3 Å². The minimum absolute atomic E-state index is 0.0512. The van der Waals surface area contributed by atoms with E-state index in [0.717, 1.165) is 21.9 Å². The molecule has 2 heterocycles. The first-order valence-electron chi connectivity index (χ1n) is 9.58. The summed E-state index contributed by atoms with van der Waals surface area (Å²) < 4.78 is 5.45. The van der Waals surface area contributed by atoms with Gasteiger partial charge in [0.2, 0.25) is 11.8 Å². The van der Waals surface area contributed by atoms with Crippen LogP contribution < -0.4 is 10.1 Å². The number of pyridine rings is 1. The fourth-order valence-corrected chi connectivity index (χ4v) is 3.59. The van der Waals surface area contributed by atoms with E-state index in [1.54, 1.807) is 19.3 Å². The number of aromatic nitrogens is 2. The number of benzene rings is 1. The van der Waals surface area contributed by atoms with E-state index >= 15 is 0 Å². The molecule has 0 atom stereocenters.